The van der Waals surface area contributed by atoms with Crippen molar-refractivity contribution in [3.8, 4) is 23.0 Å². The molecule has 0 N–H and O–H groups in total. The molecule has 91 heavy (non-hydrogen) atoms. The summed E-state index contributed by atoms with van der Waals surface area (Å²) >= 11 is 0. The largest absolute Gasteiger partial charge is 3.00 e. The van der Waals surface area contributed by atoms with Gasteiger partial charge in [-0.1, -0.05) is 366 Å². The number of hydrogen-bond acceptors (Lipinski definition) is 4. The van der Waals surface area contributed by atoms with Crippen LogP contribution in [0.5, 0.6) is 23.0 Å². The second kappa shape index (κ2) is 34.4. The van der Waals surface area contributed by atoms with Crippen LogP contribution in [0.15, 0.2) is 200 Å². The van der Waals surface area contributed by atoms with Crippen molar-refractivity contribution in [2.75, 3.05) is 0 Å². The average molecular weight is 1280 g/mol. The minimum Gasteiger partial charge on any atom is -0.872 e. The summed E-state index contributed by atoms with van der Waals surface area (Å²) in [5, 5.41) is 30.3. The maximum absolute atomic E-state index is 15.2. The van der Waals surface area contributed by atoms with Crippen molar-refractivity contribution < 1.29 is 45.5 Å². The molecule has 0 aliphatic heterocycles. The molecule has 0 aromatic heterocycles. The van der Waals surface area contributed by atoms with Gasteiger partial charge in [0.25, 0.3) is 0 Å². The number of hydrogen-bond donors (Lipinski definition) is 0. The molecule has 0 saturated carbocycles. The summed E-state index contributed by atoms with van der Waals surface area (Å²) in [7, 11) is -1.08. The SMILES string of the molecule is CC(C)(C)c1cc2c([O-])c(c1)Cc1cc(C(C)(C)C)cc(c1OCc1ccccc1)Cc1cc(C(C)(C)C)cc(c1[O-])Cc1cc(C(C)(C)C)cc(c1OCc1ccccc1)C2.C[SiH](C)[N-][SiH](C)C.Cc1ccccc1.Cc1ccccc1.Cc1ccccc1.[Sc+3]. The van der Waals surface area contributed by atoms with Crippen LogP contribution in [0.3, 0.4) is 0 Å². The van der Waals surface area contributed by atoms with Gasteiger partial charge in [0.05, 0.1) is 0 Å². The van der Waals surface area contributed by atoms with Crippen molar-refractivity contribution in [3.63, 3.8) is 0 Å². The van der Waals surface area contributed by atoms with E-state index >= 15 is 10.2 Å². The van der Waals surface area contributed by atoms with Crippen LogP contribution in [0.4, 0.5) is 0 Å². The average Bonchev–Trinajstić information content (AvgIpc) is 0.799. The molecule has 10 rings (SSSR count). The van der Waals surface area contributed by atoms with Crippen LogP contribution < -0.4 is 19.7 Å². The quantitative estimate of drug-likeness (QED) is 0.142. The molecular weight excluding hydrogens is 1180 g/mol. The van der Waals surface area contributed by atoms with Gasteiger partial charge in [0, 0.05) is 25.7 Å². The third-order valence-corrected chi connectivity index (χ3v) is 20.6. The van der Waals surface area contributed by atoms with Crippen LogP contribution >= 0.6 is 0 Å². The first-order valence-electron chi connectivity index (χ1n) is 32.4. The number of nitrogens with zero attached hydrogens (tertiary/aromatic N) is 1. The van der Waals surface area contributed by atoms with Gasteiger partial charge in [0.15, 0.2) is 0 Å². The summed E-state index contributed by atoms with van der Waals surface area (Å²) in [5.41, 5.74) is 16.5. The molecule has 476 valence electrons. The van der Waals surface area contributed by atoms with E-state index in [1.54, 1.807) is 0 Å². The molecule has 0 saturated heterocycles. The van der Waals surface area contributed by atoms with Crippen molar-refractivity contribution in [2.45, 2.75) is 191 Å². The Labute approximate surface area is 572 Å². The van der Waals surface area contributed by atoms with Crippen LogP contribution in [-0.4, -0.2) is 17.9 Å². The molecule has 0 amide bonds. The van der Waals surface area contributed by atoms with E-state index in [9.17, 15) is 0 Å². The number of benzene rings is 9. The van der Waals surface area contributed by atoms with Gasteiger partial charge in [-0.15, -0.1) is 11.5 Å². The van der Waals surface area contributed by atoms with E-state index in [4.69, 9.17) is 9.47 Å². The molecule has 1 aliphatic rings. The molecular formula is C83H104NO4ScSi2. The van der Waals surface area contributed by atoms with E-state index < -0.39 is 17.9 Å². The van der Waals surface area contributed by atoms with Crippen LogP contribution in [0.1, 0.15) is 178 Å². The fraction of sp³-hybridized carbons (Fsp3) is 0.349. The third-order valence-electron chi connectivity index (χ3n) is 15.8. The predicted octanol–water partition coefficient (Wildman–Crippen LogP) is 20.2. The first-order valence-corrected chi connectivity index (χ1v) is 38.1. The number of rotatable bonds is 8. The maximum atomic E-state index is 15.2. The van der Waals surface area contributed by atoms with Crippen molar-refractivity contribution in [1.82, 2.24) is 0 Å². The summed E-state index contributed by atoms with van der Waals surface area (Å²) in [6, 6.07) is 68.6. The fourth-order valence-electron chi connectivity index (χ4n) is 10.7. The molecule has 9 aromatic rings. The predicted molar refractivity (Wildman–Crippen MR) is 387 cm³/mol. The Bertz CT molecular complexity index is 3280. The normalized spacial score (nSPS) is 12.1. The topological polar surface area (TPSA) is 78.7 Å². The summed E-state index contributed by atoms with van der Waals surface area (Å²) in [4.78, 5) is 0. The van der Waals surface area contributed by atoms with Gasteiger partial charge in [0.2, 0.25) is 0 Å². The third kappa shape index (κ3) is 24.1. The van der Waals surface area contributed by atoms with Gasteiger partial charge < -0.3 is 24.3 Å². The van der Waals surface area contributed by atoms with Gasteiger partial charge in [-0.3, -0.25) is 0 Å². The number of aryl methyl sites for hydroxylation is 3. The van der Waals surface area contributed by atoms with E-state index in [0.29, 0.717) is 38.9 Å². The fourth-order valence-corrected chi connectivity index (χ4v) is 15.4. The van der Waals surface area contributed by atoms with Gasteiger partial charge in [0.1, 0.15) is 24.7 Å². The zero-order valence-electron chi connectivity index (χ0n) is 58.6. The molecule has 1 aliphatic carbocycles. The minimum atomic E-state index is -0.542. The molecule has 9 aromatic carbocycles. The van der Waals surface area contributed by atoms with Crippen LogP contribution in [0.25, 0.3) is 4.65 Å². The Morgan fingerprint density at radius 2 is 0.527 bits per heavy atom. The van der Waals surface area contributed by atoms with Crippen molar-refractivity contribution in [1.29, 1.82) is 0 Å². The van der Waals surface area contributed by atoms with Crippen molar-refractivity contribution >= 4 is 17.9 Å². The summed E-state index contributed by atoms with van der Waals surface area (Å²) < 4.78 is 18.4. The second-order valence-electron chi connectivity index (χ2n) is 29.1. The van der Waals surface area contributed by atoms with Crippen LogP contribution in [0.2, 0.25) is 26.2 Å². The summed E-state index contributed by atoms with van der Waals surface area (Å²) in [6.07, 6.45) is 1.55. The molecule has 5 nitrogen and oxygen atoms in total. The monoisotopic (exact) mass is 1280 g/mol. The Hall–Kier alpha value is -6.56. The Morgan fingerprint density at radius 3 is 0.692 bits per heavy atom. The molecule has 8 heteroatoms. The molecule has 0 unspecified atom stereocenters. The van der Waals surface area contributed by atoms with Crippen molar-refractivity contribution in [3.05, 3.63) is 299 Å². The maximum Gasteiger partial charge on any atom is 3.00 e. The molecule has 0 atom stereocenters. The van der Waals surface area contributed by atoms with Gasteiger partial charge in [-0.2, -0.15) is 0 Å². The van der Waals surface area contributed by atoms with E-state index in [1.165, 1.54) is 16.7 Å². The first-order chi connectivity index (χ1) is 42.3. The van der Waals surface area contributed by atoms with E-state index in [-0.39, 0.29) is 59.0 Å². The number of ether oxygens (including phenoxy) is 2. The molecule has 0 spiro atoms. The number of fused-ring (bicyclic) bond motifs is 8. The van der Waals surface area contributed by atoms with Gasteiger partial charge in [-0.05, 0) is 98.1 Å². The standard InChI is InChI=1S/C58H68O4.3C7H8.C4H14NSi2.Sc/c1-55(2,3)47-27-39-23-43-31-49(57(7,8)9)33-45(53(43)61-35-37-19-15-13-16-20-37)25-41-29-48(56(4,5)6)30-42(52(41)60)26-46-34-50(58(10,11)12)32-44(24-40(28-47)51(39)59)54(46)62-36-38-21-17-14-18-22-38;3*1-7-5-3-2-4-6-7;1-6(2)5-7(3)4;/h13-22,27-34,59-60H,23-26,35-36H2,1-12H3;3*2-6H,1H3;6-7H,1-4H3;/q;;;;-1;+3/p-2. The van der Waals surface area contributed by atoms with Crippen molar-refractivity contribution in [2.24, 2.45) is 0 Å². The minimum absolute atomic E-state index is 0. The zero-order valence-corrected chi connectivity index (χ0v) is 62.7. The van der Waals surface area contributed by atoms with E-state index in [1.807, 2.05) is 91.0 Å². The van der Waals surface area contributed by atoms with Gasteiger partial charge >= 0.3 is 25.8 Å². The second-order valence-corrected chi connectivity index (χ2v) is 34.6. The Kier molecular flexibility index (Phi) is 28.4. The van der Waals surface area contributed by atoms with E-state index in [2.05, 4.69) is 244 Å². The van der Waals surface area contributed by atoms with Crippen LogP contribution in [0, 0.1) is 20.8 Å². The molecule has 0 heterocycles. The molecule has 0 fully saturated rings. The summed E-state index contributed by atoms with van der Waals surface area (Å²) in [5.74, 6) is 1.57. The Morgan fingerprint density at radius 1 is 0.330 bits per heavy atom. The first kappa shape index (κ1) is 75.2. The smallest absolute Gasteiger partial charge is 0.872 e. The van der Waals surface area contributed by atoms with E-state index in [0.717, 1.165) is 89.4 Å². The van der Waals surface area contributed by atoms with Crippen LogP contribution in [-0.2, 0) is 86.4 Å². The molecule has 0 radical (unpaired) electrons. The summed E-state index contributed by atoms with van der Waals surface area (Å²) in [6.45, 7) is 42.7. The molecule has 8 bridgehead atoms. The van der Waals surface area contributed by atoms with Gasteiger partial charge in [-0.25, -0.2) is 0 Å². The zero-order chi connectivity index (χ0) is 66.0. The Balaban J connectivity index is 0.000000422.